The summed E-state index contributed by atoms with van der Waals surface area (Å²) < 4.78 is 11.1. The van der Waals surface area contributed by atoms with Gasteiger partial charge in [-0.15, -0.1) is 0 Å². The molecule has 0 fully saturated rings. The highest BCUT2D eigenvalue weighted by atomic mass is 16.5. The molecule has 0 aliphatic carbocycles. The Balaban J connectivity index is 1.44. The smallest absolute Gasteiger partial charge is 0.287 e. The molecular formula is C24H21N3O3. The zero-order chi connectivity index (χ0) is 20.8. The lowest BCUT2D eigenvalue weighted by Crippen LogP contribution is -2.17. The number of ether oxygens (including phenoxy) is 2. The Bertz CT molecular complexity index is 1170. The fourth-order valence-corrected chi connectivity index (χ4v) is 3.03. The fraction of sp³-hybridized carbons (Fsp3) is 0.0833. The maximum Gasteiger partial charge on any atom is 0.287 e. The van der Waals surface area contributed by atoms with Gasteiger partial charge in [0.15, 0.2) is 0 Å². The minimum atomic E-state index is -0.329. The van der Waals surface area contributed by atoms with E-state index in [0.717, 1.165) is 27.8 Å². The Morgan fingerprint density at radius 3 is 2.60 bits per heavy atom. The van der Waals surface area contributed by atoms with Crippen molar-refractivity contribution in [1.29, 1.82) is 0 Å². The molecule has 6 heteroatoms. The summed E-state index contributed by atoms with van der Waals surface area (Å²) in [4.78, 5) is 15.6. The van der Waals surface area contributed by atoms with E-state index < -0.39 is 0 Å². The zero-order valence-corrected chi connectivity index (χ0v) is 16.5. The van der Waals surface area contributed by atoms with E-state index in [1.807, 2.05) is 72.8 Å². The fourth-order valence-electron chi connectivity index (χ4n) is 3.03. The van der Waals surface area contributed by atoms with Crippen LogP contribution in [0.4, 0.5) is 0 Å². The average molecular weight is 399 g/mol. The Morgan fingerprint density at radius 1 is 1.03 bits per heavy atom. The number of methoxy groups -OCH3 is 1. The summed E-state index contributed by atoms with van der Waals surface area (Å²) in [5, 5.41) is 4.87. The number of carbonyl (C=O) groups excluding carboxylic acids is 1. The summed E-state index contributed by atoms with van der Waals surface area (Å²) in [6, 6.07) is 24.8. The van der Waals surface area contributed by atoms with Gasteiger partial charge < -0.3 is 14.5 Å². The molecule has 150 valence electrons. The van der Waals surface area contributed by atoms with E-state index in [1.54, 1.807) is 19.4 Å². The van der Waals surface area contributed by atoms with Crippen molar-refractivity contribution in [3.63, 3.8) is 0 Å². The van der Waals surface area contributed by atoms with Gasteiger partial charge in [0, 0.05) is 10.9 Å². The van der Waals surface area contributed by atoms with Crippen molar-refractivity contribution in [3.8, 4) is 11.5 Å². The number of rotatable bonds is 7. The standard InChI is InChI=1S/C24H21N3O3/c1-29-19-12-10-17(11-13-19)15-25-27-24(28)22-14-20-21(26-22)8-5-9-23(20)30-16-18-6-3-2-4-7-18/h2-15,26H,16H2,1H3,(H,27,28)/b25-15+. The van der Waals surface area contributed by atoms with Crippen LogP contribution in [0.3, 0.4) is 0 Å². The van der Waals surface area contributed by atoms with E-state index in [0.29, 0.717) is 18.1 Å². The Kier molecular flexibility index (Phi) is 5.75. The number of H-pyrrole nitrogens is 1. The number of aromatic nitrogens is 1. The molecule has 0 radical (unpaired) electrons. The molecule has 0 aliphatic heterocycles. The van der Waals surface area contributed by atoms with Gasteiger partial charge in [-0.2, -0.15) is 5.10 Å². The van der Waals surface area contributed by atoms with Crippen molar-refractivity contribution in [3.05, 3.63) is 95.7 Å². The van der Waals surface area contributed by atoms with Crippen LogP contribution in [0.1, 0.15) is 21.6 Å². The van der Waals surface area contributed by atoms with Crippen molar-refractivity contribution in [2.45, 2.75) is 6.61 Å². The van der Waals surface area contributed by atoms with E-state index in [9.17, 15) is 4.79 Å². The number of benzene rings is 3. The van der Waals surface area contributed by atoms with Crippen LogP contribution in [0.5, 0.6) is 11.5 Å². The van der Waals surface area contributed by atoms with Crippen LogP contribution in [0.15, 0.2) is 84.0 Å². The first-order valence-electron chi connectivity index (χ1n) is 9.49. The number of hydrogen-bond acceptors (Lipinski definition) is 4. The maximum absolute atomic E-state index is 12.5. The molecule has 2 N–H and O–H groups in total. The van der Waals surface area contributed by atoms with Crippen LogP contribution in [-0.4, -0.2) is 24.2 Å². The number of fused-ring (bicyclic) bond motifs is 1. The third-order valence-electron chi connectivity index (χ3n) is 4.60. The molecule has 1 heterocycles. The highest BCUT2D eigenvalue weighted by Crippen LogP contribution is 2.27. The van der Waals surface area contributed by atoms with E-state index in [1.165, 1.54) is 0 Å². The normalized spacial score (nSPS) is 11.0. The number of hydrogen-bond donors (Lipinski definition) is 2. The van der Waals surface area contributed by atoms with Gasteiger partial charge in [0.2, 0.25) is 0 Å². The SMILES string of the molecule is COc1ccc(/C=N/NC(=O)c2cc3c(OCc4ccccc4)cccc3[nH]2)cc1. The monoisotopic (exact) mass is 399 g/mol. The molecule has 30 heavy (non-hydrogen) atoms. The first kappa shape index (κ1) is 19.3. The molecule has 0 saturated heterocycles. The highest BCUT2D eigenvalue weighted by Gasteiger charge is 2.12. The lowest BCUT2D eigenvalue weighted by molar-refractivity contribution is 0.0951. The van der Waals surface area contributed by atoms with Gasteiger partial charge in [-0.3, -0.25) is 4.79 Å². The van der Waals surface area contributed by atoms with E-state index in [2.05, 4.69) is 15.5 Å². The van der Waals surface area contributed by atoms with Crippen LogP contribution in [0, 0.1) is 0 Å². The molecule has 4 rings (SSSR count). The molecule has 1 aromatic heterocycles. The maximum atomic E-state index is 12.5. The number of carbonyl (C=O) groups is 1. The zero-order valence-electron chi connectivity index (χ0n) is 16.5. The van der Waals surface area contributed by atoms with Gasteiger partial charge >= 0.3 is 0 Å². The van der Waals surface area contributed by atoms with Crippen molar-refractivity contribution in [2.75, 3.05) is 7.11 Å². The lowest BCUT2D eigenvalue weighted by atomic mass is 10.2. The molecule has 0 bridgehead atoms. The van der Waals surface area contributed by atoms with Crippen molar-refractivity contribution < 1.29 is 14.3 Å². The molecule has 6 nitrogen and oxygen atoms in total. The van der Waals surface area contributed by atoms with Gasteiger partial charge in [0.05, 0.1) is 13.3 Å². The van der Waals surface area contributed by atoms with Crippen LogP contribution < -0.4 is 14.9 Å². The van der Waals surface area contributed by atoms with Crippen molar-refractivity contribution in [1.82, 2.24) is 10.4 Å². The molecule has 0 aliphatic rings. The molecule has 0 spiro atoms. The number of amides is 1. The third kappa shape index (κ3) is 4.50. The van der Waals surface area contributed by atoms with Crippen molar-refractivity contribution >= 4 is 23.0 Å². The molecule has 1 amide bonds. The van der Waals surface area contributed by atoms with Gasteiger partial charge in [-0.1, -0.05) is 36.4 Å². The van der Waals surface area contributed by atoms with Crippen molar-refractivity contribution in [2.24, 2.45) is 5.10 Å². The average Bonchev–Trinajstić information content (AvgIpc) is 3.24. The van der Waals surface area contributed by atoms with Gasteiger partial charge in [-0.25, -0.2) is 5.43 Å². The van der Waals surface area contributed by atoms with E-state index >= 15 is 0 Å². The van der Waals surface area contributed by atoms with Crippen LogP contribution in [0.2, 0.25) is 0 Å². The Morgan fingerprint density at radius 2 is 1.83 bits per heavy atom. The summed E-state index contributed by atoms with van der Waals surface area (Å²) in [6.07, 6.45) is 1.58. The Hall–Kier alpha value is -4.06. The van der Waals surface area contributed by atoms with Crippen LogP contribution in [0.25, 0.3) is 10.9 Å². The molecule has 3 aromatic carbocycles. The molecule has 0 saturated carbocycles. The lowest BCUT2D eigenvalue weighted by Gasteiger charge is -2.07. The van der Waals surface area contributed by atoms with Crippen LogP contribution >= 0.6 is 0 Å². The highest BCUT2D eigenvalue weighted by molar-refractivity contribution is 6.00. The van der Waals surface area contributed by atoms with Gasteiger partial charge in [0.25, 0.3) is 5.91 Å². The minimum Gasteiger partial charge on any atom is -0.497 e. The number of aromatic amines is 1. The van der Waals surface area contributed by atoms with E-state index in [4.69, 9.17) is 9.47 Å². The second kappa shape index (κ2) is 8.96. The summed E-state index contributed by atoms with van der Waals surface area (Å²) in [5.74, 6) is 1.15. The third-order valence-corrected chi connectivity index (χ3v) is 4.60. The topological polar surface area (TPSA) is 75.7 Å². The minimum absolute atomic E-state index is 0.329. The second-order valence-corrected chi connectivity index (χ2v) is 6.65. The Labute approximate surface area is 174 Å². The molecular weight excluding hydrogens is 378 g/mol. The quantitative estimate of drug-likeness (QED) is 0.354. The molecule has 4 aromatic rings. The summed E-state index contributed by atoms with van der Waals surface area (Å²) in [5.41, 5.74) is 5.71. The van der Waals surface area contributed by atoms with Crippen LogP contribution in [-0.2, 0) is 6.61 Å². The molecule has 0 unspecified atom stereocenters. The number of nitrogens with zero attached hydrogens (tertiary/aromatic N) is 1. The predicted molar refractivity (Wildman–Crippen MR) is 117 cm³/mol. The first-order chi connectivity index (χ1) is 14.7. The number of hydrazone groups is 1. The van der Waals surface area contributed by atoms with Gasteiger partial charge in [-0.05, 0) is 53.6 Å². The second-order valence-electron chi connectivity index (χ2n) is 6.65. The first-order valence-corrected chi connectivity index (χ1v) is 9.49. The number of nitrogens with one attached hydrogen (secondary N) is 2. The largest absolute Gasteiger partial charge is 0.497 e. The van der Waals surface area contributed by atoms with E-state index in [-0.39, 0.29) is 5.91 Å². The van der Waals surface area contributed by atoms with Gasteiger partial charge in [0.1, 0.15) is 23.8 Å². The predicted octanol–water partition coefficient (Wildman–Crippen LogP) is 4.52. The summed E-state index contributed by atoms with van der Waals surface area (Å²) in [7, 11) is 1.61. The molecule has 0 atom stereocenters. The summed E-state index contributed by atoms with van der Waals surface area (Å²) in [6.45, 7) is 0.457. The summed E-state index contributed by atoms with van der Waals surface area (Å²) >= 11 is 0.